The predicted molar refractivity (Wildman–Crippen MR) is 63.8 cm³/mol. The van der Waals surface area contributed by atoms with Gasteiger partial charge in [0.25, 0.3) is 0 Å². The van der Waals surface area contributed by atoms with Crippen LogP contribution < -0.4 is 10.6 Å². The molecule has 0 aromatic heterocycles. The molecule has 1 heterocycles. The molecule has 0 aliphatic carbocycles. The van der Waals surface area contributed by atoms with Gasteiger partial charge in [0.2, 0.25) is 0 Å². The summed E-state index contributed by atoms with van der Waals surface area (Å²) in [5.41, 5.74) is 6.99. The summed E-state index contributed by atoms with van der Waals surface area (Å²) in [4.78, 5) is 12.8. The molecule has 92 valence electrons. The van der Waals surface area contributed by atoms with Crippen molar-refractivity contribution in [1.29, 1.82) is 0 Å². The summed E-state index contributed by atoms with van der Waals surface area (Å²) in [5.74, 6) is 0. The maximum Gasteiger partial charge on any atom is 0.404 e. The Morgan fingerprint density at radius 1 is 1.41 bits per heavy atom. The highest BCUT2D eigenvalue weighted by Crippen LogP contribution is 2.17. The highest BCUT2D eigenvalue weighted by atomic mass is 16.5. The van der Waals surface area contributed by atoms with E-state index in [2.05, 4.69) is 4.90 Å². The Balaban J connectivity index is 2.02. The standard InChI is InChI=1S/C12H16N2O3/c13-12(15)17-9-10-2-1-3-11(8-10)14-4-6-16-7-5-14/h1-3,8H,4-7,9H2,(H2,13,15). The van der Waals surface area contributed by atoms with Gasteiger partial charge in [-0.15, -0.1) is 0 Å². The Kier molecular flexibility index (Phi) is 3.82. The minimum absolute atomic E-state index is 0.216. The molecular formula is C12H16N2O3. The van der Waals surface area contributed by atoms with E-state index < -0.39 is 6.09 Å². The quantitative estimate of drug-likeness (QED) is 0.854. The first-order chi connectivity index (χ1) is 8.25. The minimum Gasteiger partial charge on any atom is -0.445 e. The van der Waals surface area contributed by atoms with Crippen LogP contribution in [0.25, 0.3) is 0 Å². The molecule has 0 unspecified atom stereocenters. The van der Waals surface area contributed by atoms with Crippen molar-refractivity contribution in [1.82, 2.24) is 0 Å². The van der Waals surface area contributed by atoms with Gasteiger partial charge in [0.05, 0.1) is 13.2 Å². The number of nitrogens with zero attached hydrogens (tertiary/aromatic N) is 1. The van der Waals surface area contributed by atoms with Crippen molar-refractivity contribution in [2.45, 2.75) is 6.61 Å². The lowest BCUT2D eigenvalue weighted by atomic mass is 10.2. The van der Waals surface area contributed by atoms with Gasteiger partial charge in [-0.25, -0.2) is 4.79 Å². The van der Waals surface area contributed by atoms with Crippen molar-refractivity contribution in [2.24, 2.45) is 5.73 Å². The Morgan fingerprint density at radius 3 is 2.88 bits per heavy atom. The average molecular weight is 236 g/mol. The average Bonchev–Trinajstić information content (AvgIpc) is 2.38. The molecule has 1 fully saturated rings. The number of anilines is 1. The number of hydrogen-bond donors (Lipinski definition) is 1. The van der Waals surface area contributed by atoms with E-state index >= 15 is 0 Å². The van der Waals surface area contributed by atoms with Gasteiger partial charge in [-0.05, 0) is 17.7 Å². The molecule has 2 rings (SSSR count). The third kappa shape index (κ3) is 3.35. The molecule has 2 N–H and O–H groups in total. The van der Waals surface area contributed by atoms with Crippen molar-refractivity contribution in [3.05, 3.63) is 29.8 Å². The van der Waals surface area contributed by atoms with Crippen LogP contribution in [0.2, 0.25) is 0 Å². The lowest BCUT2D eigenvalue weighted by molar-refractivity contribution is 0.122. The molecule has 0 bridgehead atoms. The fraction of sp³-hybridized carbons (Fsp3) is 0.417. The van der Waals surface area contributed by atoms with Crippen LogP contribution in [0.5, 0.6) is 0 Å². The van der Waals surface area contributed by atoms with E-state index in [-0.39, 0.29) is 6.61 Å². The molecule has 17 heavy (non-hydrogen) atoms. The highest BCUT2D eigenvalue weighted by Gasteiger charge is 2.11. The largest absolute Gasteiger partial charge is 0.445 e. The number of amides is 1. The molecule has 0 radical (unpaired) electrons. The first kappa shape index (κ1) is 11.7. The van der Waals surface area contributed by atoms with Crippen LogP contribution in [0.15, 0.2) is 24.3 Å². The lowest BCUT2D eigenvalue weighted by Gasteiger charge is -2.29. The highest BCUT2D eigenvalue weighted by molar-refractivity contribution is 5.64. The monoisotopic (exact) mass is 236 g/mol. The van der Waals surface area contributed by atoms with Crippen LogP contribution >= 0.6 is 0 Å². The SMILES string of the molecule is NC(=O)OCc1cccc(N2CCOCC2)c1. The van der Waals surface area contributed by atoms with E-state index in [1.165, 1.54) is 0 Å². The molecule has 1 aromatic rings. The fourth-order valence-electron chi connectivity index (χ4n) is 1.82. The van der Waals surface area contributed by atoms with Crippen LogP contribution in [-0.2, 0) is 16.1 Å². The van der Waals surface area contributed by atoms with Crippen molar-refractivity contribution in [3.8, 4) is 0 Å². The zero-order chi connectivity index (χ0) is 12.1. The van der Waals surface area contributed by atoms with Gasteiger partial charge in [0.1, 0.15) is 6.61 Å². The first-order valence-corrected chi connectivity index (χ1v) is 5.59. The summed E-state index contributed by atoms with van der Waals surface area (Å²) in [6, 6.07) is 7.91. The third-order valence-corrected chi connectivity index (χ3v) is 2.67. The summed E-state index contributed by atoms with van der Waals surface area (Å²) in [6.07, 6.45) is -0.748. The first-order valence-electron chi connectivity index (χ1n) is 5.59. The fourth-order valence-corrected chi connectivity index (χ4v) is 1.82. The summed E-state index contributed by atoms with van der Waals surface area (Å²) < 4.78 is 10.1. The Morgan fingerprint density at radius 2 is 2.18 bits per heavy atom. The second-order valence-electron chi connectivity index (χ2n) is 3.88. The minimum atomic E-state index is -0.748. The maximum absolute atomic E-state index is 10.5. The number of nitrogens with two attached hydrogens (primary N) is 1. The van der Waals surface area contributed by atoms with Gasteiger partial charge in [-0.2, -0.15) is 0 Å². The lowest BCUT2D eigenvalue weighted by Crippen LogP contribution is -2.36. The van der Waals surface area contributed by atoms with E-state index in [4.69, 9.17) is 15.2 Å². The second-order valence-corrected chi connectivity index (χ2v) is 3.88. The van der Waals surface area contributed by atoms with E-state index in [1.54, 1.807) is 0 Å². The number of benzene rings is 1. The molecule has 0 atom stereocenters. The van der Waals surface area contributed by atoms with Crippen LogP contribution in [0.4, 0.5) is 10.5 Å². The smallest absolute Gasteiger partial charge is 0.404 e. The molecule has 1 aliphatic rings. The van der Waals surface area contributed by atoms with Crippen molar-refractivity contribution in [3.63, 3.8) is 0 Å². The number of hydrogen-bond acceptors (Lipinski definition) is 4. The number of ether oxygens (including phenoxy) is 2. The van der Waals surface area contributed by atoms with Crippen LogP contribution in [0.1, 0.15) is 5.56 Å². The van der Waals surface area contributed by atoms with Gasteiger partial charge in [-0.3, -0.25) is 0 Å². The Labute approximate surface area is 100 Å². The predicted octanol–water partition coefficient (Wildman–Crippen LogP) is 1.12. The van der Waals surface area contributed by atoms with Crippen molar-refractivity contribution < 1.29 is 14.3 Å². The molecule has 1 aromatic carbocycles. The normalized spacial score (nSPS) is 15.6. The molecular weight excluding hydrogens is 220 g/mol. The van der Waals surface area contributed by atoms with Crippen molar-refractivity contribution >= 4 is 11.8 Å². The number of carbonyl (C=O) groups excluding carboxylic acids is 1. The van der Waals surface area contributed by atoms with Crippen LogP contribution in [0.3, 0.4) is 0 Å². The number of primary amides is 1. The molecule has 1 amide bonds. The summed E-state index contributed by atoms with van der Waals surface area (Å²) in [6.45, 7) is 3.50. The Hall–Kier alpha value is -1.75. The number of rotatable bonds is 3. The maximum atomic E-state index is 10.5. The van der Waals surface area contributed by atoms with E-state index in [0.29, 0.717) is 0 Å². The van der Waals surface area contributed by atoms with E-state index in [9.17, 15) is 4.79 Å². The van der Waals surface area contributed by atoms with Crippen molar-refractivity contribution in [2.75, 3.05) is 31.2 Å². The second kappa shape index (κ2) is 5.54. The van der Waals surface area contributed by atoms with Crippen LogP contribution in [0, 0.1) is 0 Å². The summed E-state index contributed by atoms with van der Waals surface area (Å²) in [7, 11) is 0. The van der Waals surface area contributed by atoms with E-state index in [1.807, 2.05) is 24.3 Å². The topological polar surface area (TPSA) is 64.8 Å². The van der Waals surface area contributed by atoms with E-state index in [0.717, 1.165) is 37.6 Å². The molecule has 0 spiro atoms. The zero-order valence-corrected chi connectivity index (χ0v) is 9.59. The number of carbonyl (C=O) groups is 1. The zero-order valence-electron chi connectivity index (χ0n) is 9.59. The Bertz CT molecular complexity index is 389. The molecule has 1 saturated heterocycles. The van der Waals surface area contributed by atoms with Gasteiger partial charge in [-0.1, -0.05) is 12.1 Å². The van der Waals surface area contributed by atoms with Crippen LogP contribution in [-0.4, -0.2) is 32.4 Å². The molecule has 0 saturated carbocycles. The third-order valence-electron chi connectivity index (χ3n) is 2.67. The molecule has 1 aliphatic heterocycles. The molecule has 5 nitrogen and oxygen atoms in total. The molecule has 5 heteroatoms. The van der Waals surface area contributed by atoms with Gasteiger partial charge < -0.3 is 20.1 Å². The summed E-state index contributed by atoms with van der Waals surface area (Å²) in [5, 5.41) is 0. The van der Waals surface area contributed by atoms with Gasteiger partial charge >= 0.3 is 6.09 Å². The van der Waals surface area contributed by atoms with Gasteiger partial charge in [0, 0.05) is 18.8 Å². The number of morpholine rings is 1. The van der Waals surface area contributed by atoms with Gasteiger partial charge in [0.15, 0.2) is 0 Å². The summed E-state index contributed by atoms with van der Waals surface area (Å²) >= 11 is 0.